The van der Waals surface area contributed by atoms with Gasteiger partial charge in [0.05, 0.1) is 0 Å². The molecule has 1 aromatic carbocycles. The highest BCUT2D eigenvalue weighted by atomic mass is 35.5. The number of halogens is 1. The average molecular weight is 311 g/mol. The first kappa shape index (κ1) is 15.0. The summed E-state index contributed by atoms with van der Waals surface area (Å²) in [6, 6.07) is 12.1. The van der Waals surface area contributed by atoms with Crippen LogP contribution in [0.25, 0.3) is 0 Å². The molecular weight excluding hydrogens is 296 g/mol. The normalized spacial score (nSPS) is 13.4. The Labute approximate surface area is 124 Å². The number of rotatable bonds is 4. The molecule has 1 heterocycles. The van der Waals surface area contributed by atoms with E-state index in [1.807, 2.05) is 37.3 Å². The second kappa shape index (κ2) is 5.91. The molecule has 0 aliphatic rings. The van der Waals surface area contributed by atoms with Crippen LogP contribution in [0, 0.1) is 0 Å². The Hall–Kier alpha value is -1.43. The number of hydrogen-bond acceptors (Lipinski definition) is 3. The van der Waals surface area contributed by atoms with Crippen LogP contribution in [0.4, 0.5) is 0 Å². The van der Waals surface area contributed by atoms with E-state index >= 15 is 0 Å². The summed E-state index contributed by atoms with van der Waals surface area (Å²) in [6.45, 7) is 1.84. The zero-order valence-corrected chi connectivity index (χ0v) is 12.8. The molecule has 1 aromatic heterocycles. The van der Waals surface area contributed by atoms with Crippen molar-refractivity contribution in [3.63, 3.8) is 0 Å². The molecule has 0 bridgehead atoms. The fourth-order valence-corrected chi connectivity index (χ4v) is 3.24. The van der Waals surface area contributed by atoms with E-state index in [0.29, 0.717) is 0 Å². The first-order valence-corrected chi connectivity index (χ1v) is 7.89. The smallest absolute Gasteiger partial charge is 0.243 e. The molecule has 0 saturated heterocycles. The molecule has 2 rings (SSSR count). The van der Waals surface area contributed by atoms with Crippen LogP contribution in [0.2, 0.25) is 5.15 Å². The lowest BCUT2D eigenvalue weighted by Crippen LogP contribution is -2.29. The average Bonchev–Trinajstić information content (AvgIpc) is 2.47. The maximum absolute atomic E-state index is 12.5. The molecule has 0 N–H and O–H groups in total. The number of sulfonamides is 1. The number of aromatic nitrogens is 1. The predicted molar refractivity (Wildman–Crippen MR) is 79.1 cm³/mol. The van der Waals surface area contributed by atoms with Crippen LogP contribution in [0.3, 0.4) is 0 Å². The number of benzene rings is 1. The highest BCUT2D eigenvalue weighted by Crippen LogP contribution is 2.25. The molecule has 20 heavy (non-hydrogen) atoms. The van der Waals surface area contributed by atoms with Gasteiger partial charge in [0, 0.05) is 19.3 Å². The van der Waals surface area contributed by atoms with Crippen LogP contribution in [-0.2, 0) is 10.0 Å². The van der Waals surface area contributed by atoms with Crippen molar-refractivity contribution in [1.82, 2.24) is 9.29 Å². The maximum Gasteiger partial charge on any atom is 0.244 e. The van der Waals surface area contributed by atoms with Crippen LogP contribution in [0.1, 0.15) is 18.5 Å². The standard InChI is InChI=1S/C14H15ClN2O2S/c1-11(12-6-4-3-5-7-12)17(2)20(18,19)13-8-9-14(15)16-10-13/h3-11H,1-2H3. The Kier molecular flexibility index (Phi) is 4.42. The van der Waals surface area contributed by atoms with Crippen LogP contribution in [0.5, 0.6) is 0 Å². The van der Waals surface area contributed by atoms with Gasteiger partial charge in [0.15, 0.2) is 0 Å². The molecule has 0 aliphatic heterocycles. The second-order valence-corrected chi connectivity index (χ2v) is 6.81. The minimum absolute atomic E-state index is 0.132. The minimum atomic E-state index is -3.59. The third-order valence-corrected chi connectivity index (χ3v) is 5.34. The third kappa shape index (κ3) is 3.00. The van der Waals surface area contributed by atoms with Gasteiger partial charge in [-0.2, -0.15) is 4.31 Å². The van der Waals surface area contributed by atoms with Crippen molar-refractivity contribution in [2.45, 2.75) is 17.9 Å². The number of hydrogen-bond donors (Lipinski definition) is 0. The summed E-state index contributed by atoms with van der Waals surface area (Å²) >= 11 is 5.68. The van der Waals surface area contributed by atoms with Gasteiger partial charge in [0.25, 0.3) is 0 Å². The molecule has 0 amide bonds. The van der Waals surface area contributed by atoms with Gasteiger partial charge in [0.2, 0.25) is 10.0 Å². The van der Waals surface area contributed by atoms with Crippen molar-refractivity contribution in [3.05, 3.63) is 59.4 Å². The lowest BCUT2D eigenvalue weighted by molar-refractivity contribution is 0.398. The number of pyridine rings is 1. The lowest BCUT2D eigenvalue weighted by atomic mass is 10.1. The minimum Gasteiger partial charge on any atom is -0.243 e. The molecule has 0 radical (unpaired) electrons. The van der Waals surface area contributed by atoms with Crippen molar-refractivity contribution < 1.29 is 8.42 Å². The van der Waals surface area contributed by atoms with E-state index in [-0.39, 0.29) is 16.1 Å². The van der Waals surface area contributed by atoms with E-state index in [1.165, 1.54) is 22.6 Å². The fraction of sp³-hybridized carbons (Fsp3) is 0.214. The van der Waals surface area contributed by atoms with Gasteiger partial charge >= 0.3 is 0 Å². The number of nitrogens with zero attached hydrogens (tertiary/aromatic N) is 2. The Morgan fingerprint density at radius 2 is 1.80 bits per heavy atom. The third-order valence-electron chi connectivity index (χ3n) is 3.20. The first-order chi connectivity index (χ1) is 9.43. The summed E-state index contributed by atoms with van der Waals surface area (Å²) in [5, 5.41) is 0.266. The van der Waals surface area contributed by atoms with E-state index in [1.54, 1.807) is 7.05 Å². The molecule has 0 saturated carbocycles. The van der Waals surface area contributed by atoms with Gasteiger partial charge in [-0.3, -0.25) is 0 Å². The molecular formula is C14H15ClN2O2S. The highest BCUT2D eigenvalue weighted by Gasteiger charge is 2.26. The summed E-state index contributed by atoms with van der Waals surface area (Å²) < 4.78 is 26.3. The summed E-state index contributed by atoms with van der Waals surface area (Å²) in [4.78, 5) is 3.95. The molecule has 1 atom stereocenters. The van der Waals surface area contributed by atoms with Gasteiger partial charge < -0.3 is 0 Å². The molecule has 0 aliphatic carbocycles. The zero-order chi connectivity index (χ0) is 14.8. The van der Waals surface area contributed by atoms with Crippen LogP contribution in [-0.4, -0.2) is 24.8 Å². The van der Waals surface area contributed by atoms with E-state index < -0.39 is 10.0 Å². The Bertz CT molecular complexity index is 672. The van der Waals surface area contributed by atoms with Crippen molar-refractivity contribution >= 4 is 21.6 Å². The van der Waals surface area contributed by atoms with Gasteiger partial charge in [-0.15, -0.1) is 0 Å². The van der Waals surface area contributed by atoms with Crippen molar-refractivity contribution in [2.75, 3.05) is 7.05 Å². The maximum atomic E-state index is 12.5. The van der Waals surface area contributed by atoms with E-state index in [9.17, 15) is 8.42 Å². The van der Waals surface area contributed by atoms with Gasteiger partial charge in [0.1, 0.15) is 10.0 Å². The van der Waals surface area contributed by atoms with E-state index in [4.69, 9.17) is 11.6 Å². The molecule has 4 nitrogen and oxygen atoms in total. The Morgan fingerprint density at radius 3 is 2.35 bits per heavy atom. The molecule has 1 unspecified atom stereocenters. The molecule has 2 aromatic rings. The quantitative estimate of drug-likeness (QED) is 0.815. The Morgan fingerprint density at radius 1 is 1.15 bits per heavy atom. The van der Waals surface area contributed by atoms with Crippen LogP contribution in [0.15, 0.2) is 53.6 Å². The first-order valence-electron chi connectivity index (χ1n) is 6.07. The SMILES string of the molecule is CC(c1ccccc1)N(C)S(=O)(=O)c1ccc(Cl)nc1. The predicted octanol–water partition coefficient (Wildman–Crippen LogP) is 3.12. The lowest BCUT2D eigenvalue weighted by Gasteiger charge is -2.24. The Balaban J connectivity index is 2.32. The summed E-state index contributed by atoms with van der Waals surface area (Å²) in [5.74, 6) is 0. The molecule has 0 fully saturated rings. The monoisotopic (exact) mass is 310 g/mol. The topological polar surface area (TPSA) is 50.3 Å². The fourth-order valence-electron chi connectivity index (χ4n) is 1.83. The summed E-state index contributed by atoms with van der Waals surface area (Å²) in [7, 11) is -2.03. The van der Waals surface area contributed by atoms with Crippen molar-refractivity contribution in [2.24, 2.45) is 0 Å². The van der Waals surface area contributed by atoms with Crippen molar-refractivity contribution in [1.29, 1.82) is 0 Å². The summed E-state index contributed by atoms with van der Waals surface area (Å²) in [5.41, 5.74) is 0.931. The molecule has 106 valence electrons. The van der Waals surface area contributed by atoms with Crippen LogP contribution >= 0.6 is 11.6 Å². The van der Waals surface area contributed by atoms with Gasteiger partial charge in [-0.1, -0.05) is 41.9 Å². The highest BCUT2D eigenvalue weighted by molar-refractivity contribution is 7.89. The zero-order valence-electron chi connectivity index (χ0n) is 11.2. The van der Waals surface area contributed by atoms with Gasteiger partial charge in [-0.25, -0.2) is 13.4 Å². The van der Waals surface area contributed by atoms with E-state index in [2.05, 4.69) is 4.98 Å². The second-order valence-electron chi connectivity index (χ2n) is 4.42. The summed E-state index contributed by atoms with van der Waals surface area (Å²) in [6.07, 6.45) is 1.27. The van der Waals surface area contributed by atoms with E-state index in [0.717, 1.165) is 5.56 Å². The largest absolute Gasteiger partial charge is 0.244 e. The van der Waals surface area contributed by atoms with Crippen LogP contribution < -0.4 is 0 Å². The molecule has 0 spiro atoms. The van der Waals surface area contributed by atoms with Gasteiger partial charge in [-0.05, 0) is 24.6 Å². The van der Waals surface area contributed by atoms with Crippen molar-refractivity contribution in [3.8, 4) is 0 Å². The molecule has 6 heteroatoms.